The molecule has 6 heteroatoms. The van der Waals surface area contributed by atoms with Gasteiger partial charge in [0.15, 0.2) is 0 Å². The molecular formula is C18H36N2O4. The molecule has 0 aromatic rings. The first kappa shape index (κ1) is 22.9. The Kier molecular flexibility index (Phi) is 9.51. The summed E-state index contributed by atoms with van der Waals surface area (Å²) in [4.78, 5) is 27.5. The van der Waals surface area contributed by atoms with Crippen LogP contribution in [0.3, 0.4) is 0 Å². The zero-order valence-electron chi connectivity index (χ0n) is 16.8. The summed E-state index contributed by atoms with van der Waals surface area (Å²) >= 11 is 0. The van der Waals surface area contributed by atoms with E-state index in [9.17, 15) is 9.59 Å². The van der Waals surface area contributed by atoms with E-state index >= 15 is 0 Å². The molecule has 0 aromatic carbocycles. The molecule has 6 nitrogen and oxygen atoms in total. The topological polar surface area (TPSA) is 59.1 Å². The number of hydrogen-bond acceptors (Lipinski definition) is 6. The van der Waals surface area contributed by atoms with Crippen molar-refractivity contribution in [1.82, 2.24) is 9.80 Å². The third kappa shape index (κ3) is 14.5. The second-order valence-electron chi connectivity index (χ2n) is 8.28. The van der Waals surface area contributed by atoms with Gasteiger partial charge in [-0.05, 0) is 55.6 Å². The molecule has 0 spiro atoms. The van der Waals surface area contributed by atoms with Crippen molar-refractivity contribution in [2.75, 3.05) is 40.3 Å². The molecule has 142 valence electrons. The summed E-state index contributed by atoms with van der Waals surface area (Å²) in [6, 6.07) is 0. The fourth-order valence-electron chi connectivity index (χ4n) is 1.91. The van der Waals surface area contributed by atoms with Crippen LogP contribution >= 0.6 is 0 Å². The molecule has 0 saturated heterocycles. The number of carbonyl (C=O) groups excluding carboxylic acids is 2. The van der Waals surface area contributed by atoms with E-state index in [1.807, 2.05) is 55.6 Å². The van der Waals surface area contributed by atoms with Gasteiger partial charge in [-0.1, -0.05) is 0 Å². The first-order valence-corrected chi connectivity index (χ1v) is 8.59. The van der Waals surface area contributed by atoms with Crippen molar-refractivity contribution in [3.05, 3.63) is 0 Å². The summed E-state index contributed by atoms with van der Waals surface area (Å²) in [5, 5.41) is 0. The first-order valence-electron chi connectivity index (χ1n) is 8.59. The molecule has 0 aliphatic heterocycles. The number of hydrogen-bond donors (Lipinski definition) is 0. The number of nitrogens with zero attached hydrogens (tertiary/aromatic N) is 2. The largest absolute Gasteiger partial charge is 0.460 e. The van der Waals surface area contributed by atoms with Gasteiger partial charge in [-0.3, -0.25) is 9.59 Å². The predicted molar refractivity (Wildman–Crippen MR) is 95.9 cm³/mol. The fraction of sp³-hybridized carbons (Fsp3) is 0.889. The zero-order chi connectivity index (χ0) is 19.0. The van der Waals surface area contributed by atoms with Gasteiger partial charge in [0, 0.05) is 26.2 Å². The molecule has 0 fully saturated rings. The lowest BCUT2D eigenvalue weighted by molar-refractivity contribution is -0.156. The van der Waals surface area contributed by atoms with Crippen molar-refractivity contribution >= 4 is 11.9 Å². The maximum absolute atomic E-state index is 11.7. The van der Waals surface area contributed by atoms with Crippen molar-refractivity contribution in [3.8, 4) is 0 Å². The Bertz CT molecular complexity index is 359. The summed E-state index contributed by atoms with van der Waals surface area (Å²) in [6.07, 6.45) is 0.769. The van der Waals surface area contributed by atoms with E-state index in [1.54, 1.807) is 0 Å². The van der Waals surface area contributed by atoms with Gasteiger partial charge in [-0.25, -0.2) is 0 Å². The van der Waals surface area contributed by atoms with Crippen LogP contribution in [0.1, 0.15) is 54.4 Å². The van der Waals surface area contributed by atoms with Crippen LogP contribution in [0.25, 0.3) is 0 Å². The van der Waals surface area contributed by atoms with Gasteiger partial charge in [-0.15, -0.1) is 0 Å². The molecule has 0 amide bonds. The maximum atomic E-state index is 11.7. The van der Waals surface area contributed by atoms with E-state index in [1.165, 1.54) is 0 Å². The second kappa shape index (κ2) is 9.99. The van der Waals surface area contributed by atoms with E-state index in [2.05, 4.69) is 9.80 Å². The molecule has 0 radical (unpaired) electrons. The summed E-state index contributed by atoms with van der Waals surface area (Å²) in [7, 11) is 3.96. The van der Waals surface area contributed by atoms with Gasteiger partial charge in [0.2, 0.25) is 0 Å². The fourth-order valence-corrected chi connectivity index (χ4v) is 1.91. The zero-order valence-corrected chi connectivity index (χ0v) is 16.8. The molecule has 0 atom stereocenters. The Balaban J connectivity index is 3.88. The van der Waals surface area contributed by atoms with E-state index in [0.29, 0.717) is 25.9 Å². The molecule has 0 aliphatic carbocycles. The van der Waals surface area contributed by atoms with Crippen LogP contribution in [0.2, 0.25) is 0 Å². The molecule has 0 bridgehead atoms. The van der Waals surface area contributed by atoms with Crippen LogP contribution in [0.4, 0.5) is 0 Å². The van der Waals surface area contributed by atoms with Crippen LogP contribution in [-0.2, 0) is 19.1 Å². The van der Waals surface area contributed by atoms with Gasteiger partial charge in [-0.2, -0.15) is 0 Å². The van der Waals surface area contributed by atoms with Crippen LogP contribution in [0.5, 0.6) is 0 Å². The monoisotopic (exact) mass is 344 g/mol. The molecule has 0 N–H and O–H groups in total. The van der Waals surface area contributed by atoms with Gasteiger partial charge in [0.1, 0.15) is 11.2 Å². The smallest absolute Gasteiger partial charge is 0.307 e. The number of esters is 2. The van der Waals surface area contributed by atoms with E-state index in [4.69, 9.17) is 9.47 Å². The first-order chi connectivity index (χ1) is 10.8. The van der Waals surface area contributed by atoms with Crippen LogP contribution in [0, 0.1) is 0 Å². The average molecular weight is 344 g/mol. The lowest BCUT2D eigenvalue weighted by atomic mass is 10.2. The van der Waals surface area contributed by atoms with Crippen molar-refractivity contribution in [3.63, 3.8) is 0 Å². The highest BCUT2D eigenvalue weighted by Crippen LogP contribution is 2.09. The van der Waals surface area contributed by atoms with Crippen LogP contribution < -0.4 is 0 Å². The third-order valence-corrected chi connectivity index (χ3v) is 3.10. The molecule has 0 unspecified atom stereocenters. The SMILES string of the molecule is CN(CCC(=O)OC(C)(C)C)CCN(C)CCC(=O)OC(C)(C)C. The molecule has 24 heavy (non-hydrogen) atoms. The summed E-state index contributed by atoms with van der Waals surface area (Å²) in [5.74, 6) is -0.347. The molecule has 0 aliphatic rings. The van der Waals surface area contributed by atoms with Gasteiger partial charge >= 0.3 is 11.9 Å². The Labute approximate surface area is 147 Å². The minimum atomic E-state index is -0.433. The normalized spacial score (nSPS) is 12.6. The lowest BCUT2D eigenvalue weighted by Crippen LogP contribution is -2.34. The number of rotatable bonds is 9. The summed E-state index contributed by atoms with van der Waals surface area (Å²) < 4.78 is 10.6. The number of ether oxygens (including phenoxy) is 2. The van der Waals surface area contributed by atoms with Gasteiger partial charge in [0.25, 0.3) is 0 Å². The Morgan fingerprint density at radius 2 is 0.958 bits per heavy atom. The lowest BCUT2D eigenvalue weighted by Gasteiger charge is -2.24. The van der Waals surface area contributed by atoms with Crippen LogP contribution in [0.15, 0.2) is 0 Å². The standard InChI is InChI=1S/C18H36N2O4/c1-17(2,3)23-15(21)9-11-19(7)13-14-20(8)12-10-16(22)24-18(4,5)6/h9-14H2,1-8H3. The van der Waals surface area contributed by atoms with Gasteiger partial charge < -0.3 is 19.3 Å². The van der Waals surface area contributed by atoms with Crippen molar-refractivity contribution < 1.29 is 19.1 Å². The Morgan fingerprint density at radius 3 is 1.21 bits per heavy atom. The summed E-state index contributed by atoms with van der Waals surface area (Å²) in [5.41, 5.74) is -0.866. The average Bonchev–Trinajstić information content (AvgIpc) is 2.36. The highest BCUT2D eigenvalue weighted by molar-refractivity contribution is 5.70. The quantitative estimate of drug-likeness (QED) is 0.598. The third-order valence-electron chi connectivity index (χ3n) is 3.10. The minimum absolute atomic E-state index is 0.173. The molecule has 0 heterocycles. The van der Waals surface area contributed by atoms with Crippen molar-refractivity contribution in [2.24, 2.45) is 0 Å². The maximum Gasteiger partial charge on any atom is 0.307 e. The van der Waals surface area contributed by atoms with E-state index < -0.39 is 11.2 Å². The Morgan fingerprint density at radius 1 is 0.667 bits per heavy atom. The minimum Gasteiger partial charge on any atom is -0.460 e. The predicted octanol–water partition coefficient (Wildman–Crippen LogP) is 2.31. The number of carbonyl (C=O) groups is 2. The molecular weight excluding hydrogens is 308 g/mol. The van der Waals surface area contributed by atoms with Crippen molar-refractivity contribution in [2.45, 2.75) is 65.6 Å². The van der Waals surface area contributed by atoms with Gasteiger partial charge in [0.05, 0.1) is 12.8 Å². The highest BCUT2D eigenvalue weighted by atomic mass is 16.6. The molecule has 0 saturated carbocycles. The van der Waals surface area contributed by atoms with E-state index in [-0.39, 0.29) is 11.9 Å². The molecule has 0 aromatic heterocycles. The second-order valence-corrected chi connectivity index (χ2v) is 8.28. The molecule has 0 rings (SSSR count). The summed E-state index contributed by atoms with van der Waals surface area (Å²) in [6.45, 7) is 14.2. The number of likely N-dealkylation sites (N-methyl/N-ethyl adjacent to an activating group) is 2. The Hall–Kier alpha value is -1.14. The van der Waals surface area contributed by atoms with E-state index in [0.717, 1.165) is 13.1 Å². The van der Waals surface area contributed by atoms with Crippen molar-refractivity contribution in [1.29, 1.82) is 0 Å². The van der Waals surface area contributed by atoms with Crippen LogP contribution in [-0.4, -0.2) is 73.2 Å². The highest BCUT2D eigenvalue weighted by Gasteiger charge is 2.17.